The molecule has 1 aliphatic carbocycles. The lowest BCUT2D eigenvalue weighted by Gasteiger charge is -2.37. The molecule has 1 heterocycles. The average Bonchev–Trinajstić information content (AvgIpc) is 2.74. The SMILES string of the molecule is Cc1ccc([N+](=O)[O-])cc1S(=O)(=O)N[C@@H]1CCc2c(C)ccc(N3CCN(C)CC3)c2C1. The van der Waals surface area contributed by atoms with E-state index < -0.39 is 14.9 Å². The van der Waals surface area contributed by atoms with Crippen molar-refractivity contribution in [3.63, 3.8) is 0 Å². The van der Waals surface area contributed by atoms with E-state index in [1.54, 1.807) is 6.92 Å². The molecule has 0 radical (unpaired) electrons. The number of nitrogens with zero attached hydrogens (tertiary/aromatic N) is 3. The summed E-state index contributed by atoms with van der Waals surface area (Å²) in [6.07, 6.45) is 2.13. The first-order chi connectivity index (χ1) is 15.2. The lowest BCUT2D eigenvalue weighted by atomic mass is 9.84. The second-order valence-electron chi connectivity index (χ2n) is 8.92. The van der Waals surface area contributed by atoms with Gasteiger partial charge in [0, 0.05) is 50.0 Å². The van der Waals surface area contributed by atoms with E-state index in [1.165, 1.54) is 34.5 Å². The average molecular weight is 459 g/mol. The Kier molecular flexibility index (Phi) is 6.24. The fraction of sp³-hybridized carbons (Fsp3) is 0.478. The number of rotatable bonds is 5. The minimum atomic E-state index is -3.88. The molecule has 4 rings (SSSR count). The molecule has 1 fully saturated rings. The largest absolute Gasteiger partial charge is 0.369 e. The second kappa shape index (κ2) is 8.80. The Balaban J connectivity index is 1.60. The number of sulfonamides is 1. The fourth-order valence-electron chi connectivity index (χ4n) is 4.76. The lowest BCUT2D eigenvalue weighted by molar-refractivity contribution is -0.385. The third kappa shape index (κ3) is 4.51. The Bertz CT molecular complexity index is 1140. The van der Waals surface area contributed by atoms with Crippen molar-refractivity contribution in [2.24, 2.45) is 0 Å². The third-order valence-electron chi connectivity index (χ3n) is 6.67. The highest BCUT2D eigenvalue weighted by Gasteiger charge is 2.30. The summed E-state index contributed by atoms with van der Waals surface area (Å²) in [6, 6.07) is 8.05. The standard InChI is InChI=1S/C23H30N4O4S/c1-16-5-9-22(26-12-10-25(3)11-13-26)21-14-18(6-8-20(16)21)24-32(30,31)23-15-19(27(28)29)7-4-17(23)2/h4-5,7,9,15,18,24H,6,8,10-14H2,1-3H3/t18-/m1/s1. The molecule has 1 saturated heterocycles. The quantitative estimate of drug-likeness (QED) is 0.547. The molecule has 9 heteroatoms. The van der Waals surface area contributed by atoms with Gasteiger partial charge in [0.2, 0.25) is 10.0 Å². The molecule has 2 aromatic carbocycles. The van der Waals surface area contributed by atoms with Crippen LogP contribution in [-0.4, -0.2) is 57.5 Å². The molecule has 1 N–H and O–H groups in total. The Morgan fingerprint density at radius 3 is 2.41 bits per heavy atom. The Hall–Kier alpha value is -2.49. The van der Waals surface area contributed by atoms with Crippen molar-refractivity contribution in [2.75, 3.05) is 38.1 Å². The first kappa shape index (κ1) is 22.7. The van der Waals surface area contributed by atoms with Crippen molar-refractivity contribution in [1.82, 2.24) is 9.62 Å². The summed E-state index contributed by atoms with van der Waals surface area (Å²) in [7, 11) is -1.75. The smallest absolute Gasteiger partial charge is 0.270 e. The van der Waals surface area contributed by atoms with Gasteiger partial charge in [-0.25, -0.2) is 13.1 Å². The summed E-state index contributed by atoms with van der Waals surface area (Å²) >= 11 is 0. The van der Waals surface area contributed by atoms with Crippen molar-refractivity contribution < 1.29 is 13.3 Å². The lowest BCUT2D eigenvalue weighted by Crippen LogP contribution is -2.45. The van der Waals surface area contributed by atoms with Crippen molar-refractivity contribution >= 4 is 21.4 Å². The zero-order chi connectivity index (χ0) is 23.0. The summed E-state index contributed by atoms with van der Waals surface area (Å²) in [5, 5.41) is 11.1. The van der Waals surface area contributed by atoms with Crippen molar-refractivity contribution in [1.29, 1.82) is 0 Å². The van der Waals surface area contributed by atoms with Gasteiger partial charge >= 0.3 is 0 Å². The molecule has 2 aromatic rings. The molecular formula is C23H30N4O4S. The number of non-ortho nitro benzene ring substituents is 1. The maximum absolute atomic E-state index is 13.1. The Morgan fingerprint density at radius 1 is 1.03 bits per heavy atom. The number of benzene rings is 2. The van der Waals surface area contributed by atoms with Crippen LogP contribution in [0.3, 0.4) is 0 Å². The molecule has 172 valence electrons. The van der Waals surface area contributed by atoms with E-state index >= 15 is 0 Å². The minimum absolute atomic E-state index is 0.0268. The van der Waals surface area contributed by atoms with Crippen LogP contribution in [0.25, 0.3) is 0 Å². The van der Waals surface area contributed by atoms with Crippen LogP contribution in [0, 0.1) is 24.0 Å². The zero-order valence-electron chi connectivity index (χ0n) is 18.8. The highest BCUT2D eigenvalue weighted by atomic mass is 32.2. The van der Waals surface area contributed by atoms with E-state index in [2.05, 4.69) is 40.6 Å². The number of fused-ring (bicyclic) bond motifs is 1. The molecule has 0 amide bonds. The summed E-state index contributed by atoms with van der Waals surface area (Å²) in [5.41, 5.74) is 5.27. The Labute approximate surface area is 189 Å². The van der Waals surface area contributed by atoms with Crippen molar-refractivity contribution in [3.8, 4) is 0 Å². The van der Waals surface area contributed by atoms with Gasteiger partial charge in [0.1, 0.15) is 0 Å². The summed E-state index contributed by atoms with van der Waals surface area (Å²) in [5.74, 6) is 0. The molecule has 0 saturated carbocycles. The number of piperazine rings is 1. The Morgan fingerprint density at radius 2 is 1.72 bits per heavy atom. The monoisotopic (exact) mass is 458 g/mol. The normalized spacial score (nSPS) is 19.6. The minimum Gasteiger partial charge on any atom is -0.369 e. The number of aryl methyl sites for hydroxylation is 2. The first-order valence-corrected chi connectivity index (χ1v) is 12.5. The van der Waals surface area contributed by atoms with E-state index in [0.29, 0.717) is 18.4 Å². The predicted octanol–water partition coefficient (Wildman–Crippen LogP) is 2.80. The van der Waals surface area contributed by atoms with Gasteiger partial charge in [-0.2, -0.15) is 0 Å². The number of hydrogen-bond donors (Lipinski definition) is 1. The molecule has 8 nitrogen and oxygen atoms in total. The fourth-order valence-corrected chi connectivity index (χ4v) is 6.29. The first-order valence-electron chi connectivity index (χ1n) is 11.0. The molecule has 0 unspecified atom stereocenters. The van der Waals surface area contributed by atoms with E-state index in [-0.39, 0.29) is 16.6 Å². The highest BCUT2D eigenvalue weighted by molar-refractivity contribution is 7.89. The molecular weight excluding hydrogens is 428 g/mol. The number of anilines is 1. The molecule has 0 bridgehead atoms. The highest BCUT2D eigenvalue weighted by Crippen LogP contribution is 2.34. The number of hydrogen-bond acceptors (Lipinski definition) is 6. The predicted molar refractivity (Wildman–Crippen MR) is 125 cm³/mol. The molecule has 1 aliphatic heterocycles. The van der Waals surface area contributed by atoms with Crippen LogP contribution in [0.5, 0.6) is 0 Å². The molecule has 0 aromatic heterocycles. The number of nitro benzene ring substituents is 1. The van der Waals surface area contributed by atoms with Crippen LogP contribution in [0.2, 0.25) is 0 Å². The van der Waals surface area contributed by atoms with Crippen LogP contribution in [-0.2, 0) is 22.9 Å². The number of nitro groups is 1. The van der Waals surface area contributed by atoms with E-state index in [0.717, 1.165) is 38.7 Å². The van der Waals surface area contributed by atoms with E-state index in [1.807, 2.05) is 0 Å². The molecule has 2 aliphatic rings. The van der Waals surface area contributed by atoms with Crippen LogP contribution in [0.1, 0.15) is 28.7 Å². The zero-order valence-corrected chi connectivity index (χ0v) is 19.6. The van der Waals surface area contributed by atoms with Gasteiger partial charge in [-0.3, -0.25) is 10.1 Å². The van der Waals surface area contributed by atoms with Crippen molar-refractivity contribution in [3.05, 3.63) is 62.7 Å². The number of nitrogens with one attached hydrogen (secondary N) is 1. The van der Waals surface area contributed by atoms with Crippen molar-refractivity contribution in [2.45, 2.75) is 44.0 Å². The topological polar surface area (TPSA) is 95.8 Å². The second-order valence-corrected chi connectivity index (χ2v) is 10.6. The van der Waals surface area contributed by atoms with Gasteiger partial charge in [-0.05, 0) is 68.5 Å². The maximum atomic E-state index is 13.1. The third-order valence-corrected chi connectivity index (χ3v) is 8.33. The summed E-state index contributed by atoms with van der Waals surface area (Å²) in [6.45, 7) is 7.69. The van der Waals surface area contributed by atoms with Gasteiger partial charge in [0.25, 0.3) is 5.69 Å². The molecule has 0 spiro atoms. The van der Waals surface area contributed by atoms with Gasteiger partial charge in [-0.15, -0.1) is 0 Å². The van der Waals surface area contributed by atoms with E-state index in [4.69, 9.17) is 0 Å². The van der Waals surface area contributed by atoms with Gasteiger partial charge in [0.05, 0.1) is 9.82 Å². The summed E-state index contributed by atoms with van der Waals surface area (Å²) in [4.78, 5) is 15.3. The van der Waals surface area contributed by atoms with E-state index in [9.17, 15) is 18.5 Å². The van der Waals surface area contributed by atoms with Crippen LogP contribution < -0.4 is 9.62 Å². The number of likely N-dealkylation sites (N-methyl/N-ethyl adjacent to an activating group) is 1. The molecule has 32 heavy (non-hydrogen) atoms. The molecule has 1 atom stereocenters. The maximum Gasteiger partial charge on any atom is 0.270 e. The van der Waals surface area contributed by atoms with Gasteiger partial charge in [0.15, 0.2) is 0 Å². The van der Waals surface area contributed by atoms with Gasteiger partial charge < -0.3 is 9.80 Å². The van der Waals surface area contributed by atoms with Crippen LogP contribution >= 0.6 is 0 Å². The summed E-state index contributed by atoms with van der Waals surface area (Å²) < 4.78 is 29.1. The van der Waals surface area contributed by atoms with Gasteiger partial charge in [-0.1, -0.05) is 12.1 Å². The van der Waals surface area contributed by atoms with Crippen LogP contribution in [0.4, 0.5) is 11.4 Å². The van der Waals surface area contributed by atoms with Crippen LogP contribution in [0.15, 0.2) is 35.2 Å².